The molecule has 1 heterocycles. The van der Waals surface area contributed by atoms with Gasteiger partial charge in [-0.15, -0.1) is 0 Å². The van der Waals surface area contributed by atoms with Crippen LogP contribution in [-0.2, 0) is 20.9 Å². The Kier molecular flexibility index (Phi) is 4.83. The van der Waals surface area contributed by atoms with Gasteiger partial charge in [0, 0.05) is 19.3 Å². The molecule has 0 atom stereocenters. The molecule has 26 heavy (non-hydrogen) atoms. The maximum absolute atomic E-state index is 13.1. The normalized spacial score (nSPS) is 12.8. The summed E-state index contributed by atoms with van der Waals surface area (Å²) in [6.45, 7) is -0.0169. The van der Waals surface area contributed by atoms with E-state index in [9.17, 15) is 18.8 Å². The van der Waals surface area contributed by atoms with Crippen LogP contribution in [0.25, 0.3) is 0 Å². The van der Waals surface area contributed by atoms with Gasteiger partial charge in [-0.25, -0.2) is 4.39 Å². The number of carbonyl (C=O) groups is 3. The van der Waals surface area contributed by atoms with E-state index >= 15 is 0 Å². The van der Waals surface area contributed by atoms with Crippen LogP contribution in [0.2, 0.25) is 0 Å². The summed E-state index contributed by atoms with van der Waals surface area (Å²) in [5.74, 6) is -1.84. The number of rotatable bonds is 3. The lowest BCUT2D eigenvalue weighted by molar-refractivity contribution is -0.136. The predicted molar refractivity (Wildman–Crippen MR) is 92.2 cm³/mol. The fourth-order valence-electron chi connectivity index (χ4n) is 2.45. The van der Waals surface area contributed by atoms with Gasteiger partial charge in [-0.05, 0) is 35.9 Å². The maximum Gasteiger partial charge on any atom is 0.313 e. The van der Waals surface area contributed by atoms with Gasteiger partial charge in [-0.3, -0.25) is 14.4 Å². The quantitative estimate of drug-likeness (QED) is 0.814. The summed E-state index contributed by atoms with van der Waals surface area (Å²) in [6.07, 6.45) is 0. The summed E-state index contributed by atoms with van der Waals surface area (Å²) < 4.78 is 18.4. The van der Waals surface area contributed by atoms with Crippen molar-refractivity contribution >= 4 is 29.1 Å². The van der Waals surface area contributed by atoms with Crippen molar-refractivity contribution < 1.29 is 23.5 Å². The van der Waals surface area contributed by atoms with Gasteiger partial charge in [0.25, 0.3) is 5.91 Å². The molecular weight excluding hydrogens is 341 g/mol. The Bertz CT molecular complexity index is 884. The van der Waals surface area contributed by atoms with Crippen molar-refractivity contribution in [2.45, 2.75) is 6.54 Å². The largest absolute Gasteiger partial charge is 0.482 e. The fraction of sp³-hybridized carbons (Fsp3) is 0.167. The van der Waals surface area contributed by atoms with Crippen molar-refractivity contribution in [2.24, 2.45) is 0 Å². The Morgan fingerprint density at radius 2 is 2.00 bits per heavy atom. The Morgan fingerprint density at radius 1 is 1.19 bits per heavy atom. The highest BCUT2D eigenvalue weighted by Gasteiger charge is 2.23. The predicted octanol–water partition coefficient (Wildman–Crippen LogP) is 1.44. The van der Waals surface area contributed by atoms with Crippen LogP contribution in [0.15, 0.2) is 42.5 Å². The van der Waals surface area contributed by atoms with E-state index < -0.39 is 17.6 Å². The van der Waals surface area contributed by atoms with E-state index in [-0.39, 0.29) is 19.1 Å². The van der Waals surface area contributed by atoms with Crippen molar-refractivity contribution in [2.75, 3.05) is 23.9 Å². The molecule has 7 nitrogen and oxygen atoms in total. The molecule has 2 N–H and O–H groups in total. The van der Waals surface area contributed by atoms with E-state index in [0.29, 0.717) is 22.7 Å². The number of hydrogen-bond acceptors (Lipinski definition) is 4. The highest BCUT2D eigenvalue weighted by Crippen LogP contribution is 2.33. The van der Waals surface area contributed by atoms with Crippen LogP contribution >= 0.6 is 0 Å². The maximum atomic E-state index is 13.1. The molecule has 0 saturated carbocycles. The summed E-state index contributed by atoms with van der Waals surface area (Å²) in [4.78, 5) is 37.0. The Morgan fingerprint density at radius 3 is 2.77 bits per heavy atom. The topological polar surface area (TPSA) is 87.7 Å². The number of nitrogens with one attached hydrogen (secondary N) is 2. The third-order valence-electron chi connectivity index (χ3n) is 3.85. The molecule has 0 spiro atoms. The van der Waals surface area contributed by atoms with Crippen LogP contribution in [0.3, 0.4) is 0 Å². The number of halogens is 1. The minimum Gasteiger partial charge on any atom is -0.482 e. The minimum absolute atomic E-state index is 0.0271. The lowest BCUT2D eigenvalue weighted by Crippen LogP contribution is -2.36. The highest BCUT2D eigenvalue weighted by atomic mass is 19.1. The highest BCUT2D eigenvalue weighted by molar-refractivity contribution is 6.39. The molecule has 0 bridgehead atoms. The van der Waals surface area contributed by atoms with Gasteiger partial charge in [0.15, 0.2) is 6.61 Å². The van der Waals surface area contributed by atoms with Gasteiger partial charge >= 0.3 is 11.8 Å². The van der Waals surface area contributed by atoms with Gasteiger partial charge in [0.05, 0.1) is 5.69 Å². The zero-order valence-electron chi connectivity index (χ0n) is 13.9. The molecule has 3 rings (SSSR count). The first-order chi connectivity index (χ1) is 12.4. The molecule has 1 aliphatic heterocycles. The third-order valence-corrected chi connectivity index (χ3v) is 3.85. The zero-order valence-corrected chi connectivity index (χ0v) is 13.9. The number of amides is 3. The summed E-state index contributed by atoms with van der Waals surface area (Å²) in [5.41, 5.74) is 1.39. The van der Waals surface area contributed by atoms with Gasteiger partial charge in [0.1, 0.15) is 11.6 Å². The zero-order chi connectivity index (χ0) is 18.7. The van der Waals surface area contributed by atoms with Crippen molar-refractivity contribution in [1.82, 2.24) is 5.32 Å². The summed E-state index contributed by atoms with van der Waals surface area (Å²) in [6, 6.07) is 10.4. The lowest BCUT2D eigenvalue weighted by Gasteiger charge is -2.26. The molecule has 0 aliphatic carbocycles. The van der Waals surface area contributed by atoms with Gasteiger partial charge in [0.2, 0.25) is 0 Å². The number of likely N-dealkylation sites (N-methyl/N-ethyl adjacent to an activating group) is 1. The first-order valence-corrected chi connectivity index (χ1v) is 7.81. The Labute approximate surface area is 148 Å². The number of hydrogen-bond donors (Lipinski definition) is 2. The van der Waals surface area contributed by atoms with Crippen LogP contribution in [-0.4, -0.2) is 31.4 Å². The van der Waals surface area contributed by atoms with E-state index in [1.807, 2.05) is 0 Å². The van der Waals surface area contributed by atoms with Crippen molar-refractivity contribution in [3.63, 3.8) is 0 Å². The minimum atomic E-state index is -0.868. The van der Waals surface area contributed by atoms with Crippen LogP contribution in [0.5, 0.6) is 5.75 Å². The molecule has 2 aromatic carbocycles. The molecule has 1 aliphatic rings. The standard InChI is InChI=1S/C18H16FN3O4/c1-22-14-8-13(5-6-15(14)26-10-16(22)23)21-18(25)17(24)20-9-11-3-2-4-12(19)7-11/h2-8H,9-10H2,1H3,(H,20,24)(H,21,25). The van der Waals surface area contributed by atoms with E-state index in [1.54, 1.807) is 31.3 Å². The molecule has 0 saturated heterocycles. The van der Waals surface area contributed by atoms with Crippen LogP contribution < -0.4 is 20.3 Å². The summed E-state index contributed by atoms with van der Waals surface area (Å²) in [7, 11) is 1.60. The smallest absolute Gasteiger partial charge is 0.313 e. The molecule has 2 aromatic rings. The van der Waals surface area contributed by atoms with Crippen LogP contribution in [0, 0.1) is 5.82 Å². The molecule has 8 heteroatoms. The van der Waals surface area contributed by atoms with Gasteiger partial charge < -0.3 is 20.3 Å². The van der Waals surface area contributed by atoms with E-state index in [0.717, 1.165) is 0 Å². The van der Waals surface area contributed by atoms with Crippen LogP contribution in [0.4, 0.5) is 15.8 Å². The first kappa shape index (κ1) is 17.4. The number of benzene rings is 2. The average Bonchev–Trinajstić information content (AvgIpc) is 2.63. The van der Waals surface area contributed by atoms with Gasteiger partial charge in [-0.1, -0.05) is 12.1 Å². The molecule has 0 radical (unpaired) electrons. The first-order valence-electron chi connectivity index (χ1n) is 7.81. The second kappa shape index (κ2) is 7.22. The van der Waals surface area contributed by atoms with E-state index in [4.69, 9.17) is 4.74 Å². The number of fused-ring (bicyclic) bond motifs is 1. The number of ether oxygens (including phenoxy) is 1. The molecule has 3 amide bonds. The average molecular weight is 357 g/mol. The monoisotopic (exact) mass is 357 g/mol. The molecular formula is C18H16FN3O4. The molecule has 134 valence electrons. The lowest BCUT2D eigenvalue weighted by atomic mass is 10.2. The Balaban J connectivity index is 1.62. The van der Waals surface area contributed by atoms with Crippen molar-refractivity contribution in [3.05, 3.63) is 53.8 Å². The molecule has 0 fully saturated rings. The van der Waals surface area contributed by atoms with Gasteiger partial charge in [-0.2, -0.15) is 0 Å². The van der Waals surface area contributed by atoms with Crippen molar-refractivity contribution in [3.8, 4) is 5.75 Å². The van der Waals surface area contributed by atoms with E-state index in [2.05, 4.69) is 10.6 Å². The van der Waals surface area contributed by atoms with Crippen molar-refractivity contribution in [1.29, 1.82) is 0 Å². The number of nitrogens with zero attached hydrogens (tertiary/aromatic N) is 1. The molecule has 0 unspecified atom stereocenters. The number of anilines is 2. The Hall–Kier alpha value is -3.42. The summed E-state index contributed by atoms with van der Waals surface area (Å²) in [5, 5.41) is 4.87. The fourth-order valence-corrected chi connectivity index (χ4v) is 2.45. The number of carbonyl (C=O) groups excluding carboxylic acids is 3. The third kappa shape index (κ3) is 3.80. The molecule has 0 aromatic heterocycles. The van der Waals surface area contributed by atoms with Crippen LogP contribution in [0.1, 0.15) is 5.56 Å². The second-order valence-electron chi connectivity index (χ2n) is 5.69. The summed E-state index contributed by atoms with van der Waals surface area (Å²) >= 11 is 0. The van der Waals surface area contributed by atoms with E-state index in [1.165, 1.54) is 23.1 Å². The SMILES string of the molecule is CN1C(=O)COc2ccc(NC(=O)C(=O)NCc3cccc(F)c3)cc21. The second-order valence-corrected chi connectivity index (χ2v) is 5.69.